The molecule has 36 N–H and O–H groups in total. The molecule has 0 fully saturated rings. The molecule has 17 atom stereocenters. The van der Waals surface area contributed by atoms with Crippen LogP contribution in [-0.2, 0) is 78.3 Å². The summed E-state index contributed by atoms with van der Waals surface area (Å²) in [6.45, 7) is 12.2. The molecule has 0 aliphatic carbocycles. The van der Waals surface area contributed by atoms with E-state index in [0.29, 0.717) is 31.2 Å². The molecule has 1 aromatic rings. The summed E-state index contributed by atoms with van der Waals surface area (Å²) in [6, 6.07) is -15.6. The van der Waals surface area contributed by atoms with Crippen molar-refractivity contribution in [1.29, 1.82) is 0 Å². The number of carbonyl (C=O) groups is 15. The monoisotopic (exact) mass is 1710 g/mol. The van der Waals surface area contributed by atoms with E-state index in [1.807, 2.05) is 13.8 Å². The minimum Gasteiger partial charge on any atom is -0.508 e. The first-order chi connectivity index (χ1) is 55.5. The molecule has 0 radical (unpaired) electrons. The van der Waals surface area contributed by atoms with E-state index in [-0.39, 0.29) is 146 Å². The number of aliphatic carboxylic acids is 1. The van der Waals surface area contributed by atoms with Gasteiger partial charge in [0.1, 0.15) is 84.3 Å². The van der Waals surface area contributed by atoms with Crippen molar-refractivity contribution in [2.24, 2.45) is 79.2 Å². The summed E-state index contributed by atoms with van der Waals surface area (Å²) in [5, 5.41) is 63.6. The molecule has 0 saturated heterocycles. The third-order valence-electron chi connectivity index (χ3n) is 19.0. The highest BCUT2D eigenvalue weighted by molar-refractivity contribution is 7.81. The molecule has 1 aromatic carbocycles. The van der Waals surface area contributed by atoms with Gasteiger partial charge in [0.2, 0.25) is 82.7 Å². The number of aromatic hydroxyl groups is 1. The first-order valence-electron chi connectivity index (χ1n) is 39.4. The van der Waals surface area contributed by atoms with Gasteiger partial charge in [-0.3, -0.25) is 77.1 Å². The summed E-state index contributed by atoms with van der Waals surface area (Å²) in [5.41, 5.74) is 57.8. The van der Waals surface area contributed by atoms with E-state index in [4.69, 9.17) is 57.3 Å². The number of guanidine groups is 2. The Morgan fingerprint density at radius 2 is 0.771 bits per heavy atom. The Morgan fingerprint density at radius 1 is 0.424 bits per heavy atom. The molecular formula is C73H131N25O18S2. The van der Waals surface area contributed by atoms with E-state index in [0.717, 1.165) is 6.92 Å². The number of phenols is 1. The predicted molar refractivity (Wildman–Crippen MR) is 447 cm³/mol. The van der Waals surface area contributed by atoms with Crippen molar-refractivity contribution in [3.05, 3.63) is 29.8 Å². The second kappa shape index (κ2) is 55.7. The summed E-state index contributed by atoms with van der Waals surface area (Å²) in [6.07, 6.45) is -1.77. The molecule has 0 saturated carbocycles. The molecule has 0 aliphatic rings. The maximum Gasteiger partial charge on any atom is 0.326 e. The van der Waals surface area contributed by atoms with Crippen molar-refractivity contribution in [2.75, 3.05) is 45.0 Å². The number of aliphatic imine (C=N–C) groups is 2. The normalized spacial score (nSPS) is 15.6. The molecule has 0 spiro atoms. The van der Waals surface area contributed by atoms with Gasteiger partial charge in [-0.1, -0.05) is 72.4 Å². The number of nitrogens with zero attached hydrogens (tertiary/aromatic N) is 2. The average Bonchev–Trinajstić information content (AvgIpc) is 0.825. The second-order valence-corrected chi connectivity index (χ2v) is 30.9. The molecule has 0 aromatic heterocycles. The lowest BCUT2D eigenvalue weighted by molar-refractivity contribution is -0.142. The molecular weight excluding hydrogens is 1580 g/mol. The predicted octanol–water partition coefficient (Wildman–Crippen LogP) is -7.89. The second-order valence-electron chi connectivity index (χ2n) is 29.3. The van der Waals surface area contributed by atoms with E-state index in [2.05, 4.69) is 104 Å². The Balaban J connectivity index is 3.66. The lowest BCUT2D eigenvalue weighted by Gasteiger charge is -2.33. The number of nitrogens with one attached hydrogen (secondary N) is 13. The van der Waals surface area contributed by atoms with Crippen molar-refractivity contribution in [3.8, 4) is 5.75 Å². The van der Waals surface area contributed by atoms with Gasteiger partial charge in [-0.05, 0) is 147 Å². The van der Waals surface area contributed by atoms with Crippen LogP contribution in [0.2, 0.25) is 0 Å². The van der Waals surface area contributed by atoms with Gasteiger partial charge in [0, 0.05) is 30.0 Å². The lowest BCUT2D eigenvalue weighted by atomic mass is 9.94. The smallest absolute Gasteiger partial charge is 0.326 e. The Morgan fingerprint density at radius 3 is 1.15 bits per heavy atom. The lowest BCUT2D eigenvalue weighted by Crippen LogP contribution is -2.64. The van der Waals surface area contributed by atoms with Gasteiger partial charge in [-0.15, -0.1) is 0 Å². The van der Waals surface area contributed by atoms with Crippen LogP contribution in [-0.4, -0.2) is 256 Å². The summed E-state index contributed by atoms with van der Waals surface area (Å²) in [7, 11) is 0. The highest BCUT2D eigenvalue weighted by Gasteiger charge is 2.42. The number of carboxylic acid groups (broad SMARTS) is 1. The number of hydrogen-bond acceptors (Lipinski definition) is 26. The molecule has 45 heteroatoms. The Labute approximate surface area is 698 Å². The maximum atomic E-state index is 14.6. The average molecular weight is 1710 g/mol. The van der Waals surface area contributed by atoms with Gasteiger partial charge in [-0.2, -0.15) is 25.3 Å². The van der Waals surface area contributed by atoms with Crippen LogP contribution < -0.4 is 126 Å². The number of carbonyl (C=O) groups excluding carboxylic acids is 14. The third kappa shape index (κ3) is 39.5. The van der Waals surface area contributed by atoms with Crippen LogP contribution >= 0.6 is 25.3 Å². The molecule has 0 unspecified atom stereocenters. The fourth-order valence-electron chi connectivity index (χ4n) is 11.6. The number of aliphatic hydroxyl groups excluding tert-OH is 1. The minimum atomic E-state index is -1.92. The largest absolute Gasteiger partial charge is 0.508 e. The zero-order valence-corrected chi connectivity index (χ0v) is 70.4. The number of phenolic OH excluding ortho intramolecular Hbond substituents is 1. The van der Waals surface area contributed by atoms with E-state index in [1.165, 1.54) is 38.1 Å². The molecule has 0 aliphatic heterocycles. The van der Waals surface area contributed by atoms with Crippen molar-refractivity contribution in [3.63, 3.8) is 0 Å². The van der Waals surface area contributed by atoms with E-state index >= 15 is 0 Å². The zero-order valence-electron chi connectivity index (χ0n) is 68.6. The van der Waals surface area contributed by atoms with Crippen molar-refractivity contribution in [2.45, 2.75) is 260 Å². The number of benzene rings is 1. The Kier molecular flexibility index (Phi) is 50.1. The third-order valence-corrected chi connectivity index (χ3v) is 19.6. The van der Waals surface area contributed by atoms with Crippen LogP contribution in [0, 0.1) is 11.8 Å². The Bertz CT molecular complexity index is 3500. The molecule has 0 heterocycles. The summed E-state index contributed by atoms with van der Waals surface area (Å²) >= 11 is 8.87. The Hall–Kier alpha value is -9.93. The number of hydrogen-bond donors (Lipinski definition) is 28. The molecule has 43 nitrogen and oxygen atoms in total. The van der Waals surface area contributed by atoms with Crippen LogP contribution in [0.1, 0.15) is 164 Å². The molecule has 14 amide bonds. The first-order valence-corrected chi connectivity index (χ1v) is 40.5. The highest BCUT2D eigenvalue weighted by Crippen LogP contribution is 2.21. The van der Waals surface area contributed by atoms with Crippen LogP contribution in [0.3, 0.4) is 0 Å². The van der Waals surface area contributed by atoms with Crippen molar-refractivity contribution >= 4 is 126 Å². The molecule has 668 valence electrons. The van der Waals surface area contributed by atoms with Gasteiger partial charge in [0.05, 0.1) is 18.6 Å². The fraction of sp³-hybridized carbons (Fsp3) is 0.685. The van der Waals surface area contributed by atoms with Crippen LogP contribution in [0.4, 0.5) is 0 Å². The number of carboxylic acids is 1. The standard InChI is InChI=1S/C73H131N25O18S2/c1-9-12-17-48(70(115)116)92-59(104)45(21-16-33-85-72(82)83)87-57(102)42(18-13-28-74)89-65(110)51(36-117)95-60(105)43(19-14-29-75)86-61(106)46(26-30-76)91-68(113)55(39(6)99)97-62(107)47(27-31-77)90-58(103)44(20-15-32-84-71(80)81)88-63(108)50(35-52(78)101)94-69(114)56(73(7,8)118)98-64(109)49(34-40-22-24-41(100)25-23-40)93-67(112)54(38(5)11-3)96-66(111)53(79)37(4)10-2/h22-25,37-39,42-51,53-56,99-100,117-118H,9-21,26-36,74-77,79H2,1-8H3,(H2,78,101)(H,86,106)(H,87,102)(H,88,108)(H,89,110)(H,90,103)(H,91,113)(H,92,104)(H,93,112)(H,94,114)(H,95,105)(H,96,111)(H,97,107)(H,98,109)(H,115,116)(H4,80,81,84)(H4,82,83,85)/t37-,38-,39+,42-,43-,44-,45-,46+,47-,48-,49-,50-,51-,53-,54-,55-,56+/m0/s1. The van der Waals surface area contributed by atoms with E-state index in [1.54, 1.807) is 20.8 Å². The maximum absolute atomic E-state index is 14.6. The highest BCUT2D eigenvalue weighted by atomic mass is 32.1. The van der Waals surface area contributed by atoms with Gasteiger partial charge in [0.25, 0.3) is 0 Å². The first kappa shape index (κ1) is 106. The molecule has 0 bridgehead atoms. The van der Waals surface area contributed by atoms with Gasteiger partial charge in [0.15, 0.2) is 11.9 Å². The number of primary amides is 1. The quantitative estimate of drug-likeness (QED) is 0.0125. The SMILES string of the molecule is CCCC[C@H](NC(=O)[C@H](CCCN=C(N)N)NC(=O)[C@H](CCCN)NC(=O)[C@H](CS)NC(=O)[C@H](CCCN)NC(=O)[C@@H](CCN)NC(=O)[C@@H](NC(=O)[C@H](CCN)NC(=O)[C@H](CCCN=C(N)N)NC(=O)[C@H](CC(N)=O)NC(=O)[C@@H](NC(=O)[C@H](Cc1ccc(O)cc1)NC(=O)[C@@H](NC(=O)[C@@H](N)[C@@H](C)CC)[C@@H](C)CC)C(C)(C)S)[C@@H](C)O)C(=O)O. The number of aliphatic hydroxyl groups is 1. The molecule has 118 heavy (non-hydrogen) atoms. The summed E-state index contributed by atoms with van der Waals surface area (Å²) in [5.74, 6) is -17.1. The number of unbranched alkanes of at least 4 members (excludes halogenated alkanes) is 1. The summed E-state index contributed by atoms with van der Waals surface area (Å²) in [4.78, 5) is 217. The van der Waals surface area contributed by atoms with Crippen molar-refractivity contribution in [1.82, 2.24) is 69.1 Å². The zero-order chi connectivity index (χ0) is 89.7. The van der Waals surface area contributed by atoms with Gasteiger partial charge >= 0.3 is 5.97 Å². The van der Waals surface area contributed by atoms with E-state index in [9.17, 15) is 87.2 Å². The van der Waals surface area contributed by atoms with Crippen LogP contribution in [0.15, 0.2) is 34.3 Å². The number of thiol groups is 2. The van der Waals surface area contributed by atoms with Gasteiger partial charge in [-0.25, -0.2) is 4.79 Å². The number of amides is 14. The van der Waals surface area contributed by atoms with E-state index < -0.39 is 196 Å². The number of rotatable bonds is 59. The number of nitrogens with two attached hydrogens (primary N) is 10. The van der Waals surface area contributed by atoms with Crippen LogP contribution in [0.25, 0.3) is 0 Å². The minimum absolute atomic E-state index is 0.00675. The topological polar surface area (TPSA) is 758 Å². The van der Waals surface area contributed by atoms with Gasteiger partial charge < -0.3 is 142 Å². The summed E-state index contributed by atoms with van der Waals surface area (Å²) < 4.78 is -1.52. The van der Waals surface area contributed by atoms with Crippen molar-refractivity contribution < 1.29 is 87.2 Å². The fourth-order valence-corrected chi connectivity index (χ4v) is 12.0. The van der Waals surface area contributed by atoms with Crippen LogP contribution in [0.5, 0.6) is 5.75 Å². The molecule has 1 rings (SSSR count).